The molecule has 0 aromatic rings. The van der Waals surface area contributed by atoms with Crippen molar-refractivity contribution in [2.45, 2.75) is 32.1 Å². The van der Waals surface area contributed by atoms with E-state index in [1.165, 1.54) is 11.9 Å². The number of rotatable bonds is 6. The van der Waals surface area contributed by atoms with Gasteiger partial charge < -0.3 is 4.90 Å². The van der Waals surface area contributed by atoms with Crippen molar-refractivity contribution in [1.29, 1.82) is 5.26 Å². The number of sulfone groups is 1. The van der Waals surface area contributed by atoms with E-state index in [-0.39, 0.29) is 24.6 Å². The Morgan fingerprint density at radius 1 is 1.39 bits per heavy atom. The van der Waals surface area contributed by atoms with Crippen molar-refractivity contribution in [3.63, 3.8) is 0 Å². The minimum atomic E-state index is -3.31. The summed E-state index contributed by atoms with van der Waals surface area (Å²) in [6.45, 7) is 0.286. The fourth-order valence-electron chi connectivity index (χ4n) is 2.24. The van der Waals surface area contributed by atoms with Gasteiger partial charge in [0.15, 0.2) is 9.84 Å². The number of nitriles is 1. The molecule has 1 rings (SSSR count). The lowest BCUT2D eigenvalue weighted by Gasteiger charge is -2.16. The van der Waals surface area contributed by atoms with E-state index < -0.39 is 21.5 Å². The fourth-order valence-corrected chi connectivity index (χ4v) is 4.00. The van der Waals surface area contributed by atoms with Crippen LogP contribution in [0.5, 0.6) is 0 Å². The molecule has 0 atom stereocenters. The molecule has 0 spiro atoms. The molecular weight excluding hydrogens is 252 g/mol. The molecule has 5 nitrogen and oxygen atoms in total. The average Bonchev–Trinajstić information content (AvgIpc) is 2.76. The first kappa shape index (κ1) is 15.0. The maximum absolute atomic E-state index is 11.9. The quantitative estimate of drug-likeness (QED) is 0.721. The van der Waals surface area contributed by atoms with Gasteiger partial charge in [-0.2, -0.15) is 5.26 Å². The first-order valence-electron chi connectivity index (χ1n) is 6.26. The molecular formula is C12H20N2O3S. The predicted molar refractivity (Wildman–Crippen MR) is 68.5 cm³/mol. The Morgan fingerprint density at radius 2 is 2.00 bits per heavy atom. The van der Waals surface area contributed by atoms with Gasteiger partial charge in [0.1, 0.15) is 5.75 Å². The van der Waals surface area contributed by atoms with Crippen LogP contribution in [-0.4, -0.2) is 44.3 Å². The molecule has 0 unspecified atom stereocenters. The van der Waals surface area contributed by atoms with Gasteiger partial charge in [-0.1, -0.05) is 12.8 Å². The second-order valence-corrected chi connectivity index (χ2v) is 7.04. The summed E-state index contributed by atoms with van der Waals surface area (Å²) in [5, 5.41) is 8.41. The topological polar surface area (TPSA) is 78.2 Å². The Labute approximate surface area is 109 Å². The van der Waals surface area contributed by atoms with E-state index in [2.05, 4.69) is 0 Å². The van der Waals surface area contributed by atoms with Crippen LogP contribution < -0.4 is 0 Å². The fraction of sp³-hybridized carbons (Fsp3) is 0.833. The zero-order valence-corrected chi connectivity index (χ0v) is 11.6. The molecule has 0 heterocycles. The van der Waals surface area contributed by atoms with Crippen molar-refractivity contribution >= 4 is 15.7 Å². The lowest BCUT2D eigenvalue weighted by Crippen LogP contribution is -2.34. The van der Waals surface area contributed by atoms with Gasteiger partial charge in [-0.05, 0) is 18.8 Å². The third-order valence-corrected chi connectivity index (χ3v) is 4.96. The van der Waals surface area contributed by atoms with Crippen LogP contribution in [-0.2, 0) is 14.6 Å². The standard InChI is InChI=1S/C12H20N2O3S/c1-14(8-4-7-13)12(15)10-18(16,17)9-11-5-2-3-6-11/h11H,2-6,8-10H2,1H3. The van der Waals surface area contributed by atoms with Gasteiger partial charge in [0.2, 0.25) is 5.91 Å². The van der Waals surface area contributed by atoms with Gasteiger partial charge >= 0.3 is 0 Å². The Balaban J connectivity index is 2.44. The van der Waals surface area contributed by atoms with E-state index in [4.69, 9.17) is 5.26 Å². The van der Waals surface area contributed by atoms with Gasteiger partial charge in [0, 0.05) is 13.6 Å². The number of amides is 1. The summed E-state index contributed by atoms with van der Waals surface area (Å²) in [5.41, 5.74) is 0. The molecule has 1 aliphatic rings. The molecule has 6 heteroatoms. The molecule has 1 fully saturated rings. The van der Waals surface area contributed by atoms with Gasteiger partial charge in [-0.25, -0.2) is 8.42 Å². The third kappa shape index (κ3) is 5.05. The smallest absolute Gasteiger partial charge is 0.237 e. The van der Waals surface area contributed by atoms with Crippen LogP contribution in [0.3, 0.4) is 0 Å². The summed E-state index contributed by atoms with van der Waals surface area (Å²) >= 11 is 0. The normalized spacial score (nSPS) is 16.4. The Kier molecular flexibility index (Phi) is 5.60. The molecule has 0 aromatic heterocycles. The van der Waals surface area contributed by atoms with Crippen LogP contribution >= 0.6 is 0 Å². The summed E-state index contributed by atoms with van der Waals surface area (Å²) in [7, 11) is -1.78. The lowest BCUT2D eigenvalue weighted by atomic mass is 10.1. The molecule has 18 heavy (non-hydrogen) atoms. The van der Waals surface area contributed by atoms with Gasteiger partial charge in [0.05, 0.1) is 18.2 Å². The van der Waals surface area contributed by atoms with E-state index >= 15 is 0 Å². The molecule has 102 valence electrons. The molecule has 0 radical (unpaired) electrons. The van der Waals surface area contributed by atoms with E-state index in [1.54, 1.807) is 0 Å². The highest BCUT2D eigenvalue weighted by molar-refractivity contribution is 7.92. The molecule has 1 saturated carbocycles. The Bertz CT molecular complexity index is 419. The molecule has 0 saturated heterocycles. The van der Waals surface area contributed by atoms with E-state index in [1.807, 2.05) is 6.07 Å². The summed E-state index contributed by atoms with van der Waals surface area (Å²) < 4.78 is 23.7. The van der Waals surface area contributed by atoms with Gasteiger partial charge in [-0.3, -0.25) is 4.79 Å². The molecule has 1 amide bonds. The van der Waals surface area contributed by atoms with Crippen LogP contribution in [0.25, 0.3) is 0 Å². The highest BCUT2D eigenvalue weighted by atomic mass is 32.2. The largest absolute Gasteiger partial charge is 0.344 e. The highest BCUT2D eigenvalue weighted by Crippen LogP contribution is 2.26. The zero-order valence-electron chi connectivity index (χ0n) is 10.8. The first-order chi connectivity index (χ1) is 8.44. The van der Waals surface area contributed by atoms with Crippen molar-refractivity contribution < 1.29 is 13.2 Å². The van der Waals surface area contributed by atoms with Crippen molar-refractivity contribution in [3.8, 4) is 6.07 Å². The summed E-state index contributed by atoms with van der Waals surface area (Å²) in [6.07, 6.45) is 4.33. The predicted octanol–water partition coefficient (Wildman–Crippen LogP) is 0.963. The van der Waals surface area contributed by atoms with Crippen molar-refractivity contribution in [2.24, 2.45) is 5.92 Å². The van der Waals surface area contributed by atoms with Crippen molar-refractivity contribution in [1.82, 2.24) is 4.90 Å². The van der Waals surface area contributed by atoms with E-state index in [0.29, 0.717) is 0 Å². The molecule has 0 bridgehead atoms. The molecule has 0 aromatic carbocycles. The monoisotopic (exact) mass is 272 g/mol. The second-order valence-electron chi connectivity index (χ2n) is 4.93. The lowest BCUT2D eigenvalue weighted by molar-refractivity contribution is -0.127. The van der Waals surface area contributed by atoms with E-state index in [0.717, 1.165) is 25.7 Å². The Hall–Kier alpha value is -1.09. The SMILES string of the molecule is CN(CCC#N)C(=O)CS(=O)(=O)CC1CCCC1. The van der Waals surface area contributed by atoms with Gasteiger partial charge in [0.25, 0.3) is 0 Å². The molecule has 0 aliphatic heterocycles. The van der Waals surface area contributed by atoms with Crippen molar-refractivity contribution in [3.05, 3.63) is 0 Å². The van der Waals surface area contributed by atoms with Crippen LogP contribution in [0.2, 0.25) is 0 Å². The number of carbonyl (C=O) groups is 1. The number of hydrogen-bond donors (Lipinski definition) is 0. The van der Waals surface area contributed by atoms with Crippen LogP contribution in [0.1, 0.15) is 32.1 Å². The molecule has 0 N–H and O–H groups in total. The minimum Gasteiger partial charge on any atom is -0.344 e. The maximum atomic E-state index is 11.9. The number of nitrogens with zero attached hydrogens (tertiary/aromatic N) is 2. The second kappa shape index (κ2) is 6.74. The molecule has 1 aliphatic carbocycles. The summed E-state index contributed by atoms with van der Waals surface area (Å²) in [6, 6.07) is 1.93. The van der Waals surface area contributed by atoms with Gasteiger partial charge in [-0.15, -0.1) is 0 Å². The van der Waals surface area contributed by atoms with Crippen LogP contribution in [0, 0.1) is 17.2 Å². The van der Waals surface area contributed by atoms with E-state index in [9.17, 15) is 13.2 Å². The summed E-state index contributed by atoms with van der Waals surface area (Å²) in [4.78, 5) is 13.0. The zero-order chi connectivity index (χ0) is 13.6. The first-order valence-corrected chi connectivity index (χ1v) is 8.08. The number of hydrogen-bond acceptors (Lipinski definition) is 4. The Morgan fingerprint density at radius 3 is 2.56 bits per heavy atom. The van der Waals surface area contributed by atoms with Crippen LogP contribution in [0.15, 0.2) is 0 Å². The van der Waals surface area contributed by atoms with Crippen molar-refractivity contribution in [2.75, 3.05) is 25.1 Å². The average molecular weight is 272 g/mol. The highest BCUT2D eigenvalue weighted by Gasteiger charge is 2.25. The minimum absolute atomic E-state index is 0.130. The maximum Gasteiger partial charge on any atom is 0.237 e. The summed E-state index contributed by atoms with van der Waals surface area (Å²) in [5.74, 6) is -0.480. The third-order valence-electron chi connectivity index (χ3n) is 3.29. The number of carbonyl (C=O) groups excluding carboxylic acids is 1. The van der Waals surface area contributed by atoms with Crippen LogP contribution in [0.4, 0.5) is 0 Å².